The van der Waals surface area contributed by atoms with Crippen LogP contribution in [-0.4, -0.2) is 50.2 Å². The average molecular weight is 379 g/mol. The van der Waals surface area contributed by atoms with E-state index in [-0.39, 0.29) is 16.7 Å². The Kier molecular flexibility index (Phi) is 5.34. The molecule has 1 aromatic rings. The van der Waals surface area contributed by atoms with Gasteiger partial charge in [-0.3, -0.25) is 14.5 Å². The van der Waals surface area contributed by atoms with Crippen molar-refractivity contribution in [2.75, 3.05) is 24.5 Å². The zero-order chi connectivity index (χ0) is 18.9. The molecule has 26 heavy (non-hydrogen) atoms. The van der Waals surface area contributed by atoms with Gasteiger partial charge in [0.05, 0.1) is 4.90 Å². The van der Waals surface area contributed by atoms with E-state index in [0.29, 0.717) is 31.7 Å². The molecule has 2 aliphatic rings. The van der Waals surface area contributed by atoms with Gasteiger partial charge in [0.25, 0.3) is 0 Å². The van der Waals surface area contributed by atoms with Crippen molar-refractivity contribution in [3.63, 3.8) is 0 Å². The maximum absolute atomic E-state index is 12.8. The third-order valence-electron chi connectivity index (χ3n) is 4.93. The molecule has 1 atom stereocenters. The minimum Gasteiger partial charge on any atom is -0.354 e. The van der Waals surface area contributed by atoms with E-state index in [4.69, 9.17) is 0 Å². The molecule has 142 valence electrons. The predicted molar refractivity (Wildman–Crippen MR) is 98.4 cm³/mol. The Balaban J connectivity index is 1.91. The summed E-state index contributed by atoms with van der Waals surface area (Å²) in [6.07, 6.45) is 2.89. The van der Waals surface area contributed by atoms with Crippen molar-refractivity contribution in [1.82, 2.24) is 9.62 Å². The summed E-state index contributed by atoms with van der Waals surface area (Å²) < 4.78 is 27.0. The van der Waals surface area contributed by atoms with Gasteiger partial charge >= 0.3 is 0 Å². The molecule has 1 fully saturated rings. The summed E-state index contributed by atoms with van der Waals surface area (Å²) in [7, 11) is -3.52. The summed E-state index contributed by atoms with van der Waals surface area (Å²) >= 11 is 0. The number of fused-ring (bicyclic) bond motifs is 1. The van der Waals surface area contributed by atoms with Crippen LogP contribution in [0.4, 0.5) is 5.69 Å². The first kappa shape index (κ1) is 18.8. The van der Waals surface area contributed by atoms with E-state index >= 15 is 0 Å². The van der Waals surface area contributed by atoms with Gasteiger partial charge < -0.3 is 5.32 Å². The summed E-state index contributed by atoms with van der Waals surface area (Å²) in [5, 5.41) is 2.82. The maximum atomic E-state index is 12.8. The Hall–Kier alpha value is -1.93. The lowest BCUT2D eigenvalue weighted by molar-refractivity contribution is -0.125. The molecule has 1 N–H and O–H groups in total. The number of nitrogens with zero attached hydrogens (tertiary/aromatic N) is 2. The molecule has 0 unspecified atom stereocenters. The SMILES string of the molecule is CCCNC(=O)[C@@H]1Cc2cc(S(=O)(=O)N3CCCC3)ccc2N1C(C)=O. The normalized spacial score (nSPS) is 20.2. The highest BCUT2D eigenvalue weighted by molar-refractivity contribution is 7.89. The number of sulfonamides is 1. The van der Waals surface area contributed by atoms with Gasteiger partial charge in [-0.1, -0.05) is 6.92 Å². The summed E-state index contributed by atoms with van der Waals surface area (Å²) in [4.78, 5) is 26.3. The Bertz CT molecular complexity index is 816. The van der Waals surface area contributed by atoms with Gasteiger partial charge in [0, 0.05) is 38.7 Å². The molecule has 0 spiro atoms. The fraction of sp³-hybridized carbons (Fsp3) is 0.556. The second kappa shape index (κ2) is 7.36. The van der Waals surface area contributed by atoms with E-state index in [2.05, 4.69) is 5.32 Å². The van der Waals surface area contributed by atoms with E-state index in [1.54, 1.807) is 12.1 Å². The number of carbonyl (C=O) groups excluding carboxylic acids is 2. The summed E-state index contributed by atoms with van der Waals surface area (Å²) in [5.74, 6) is -0.433. The van der Waals surface area contributed by atoms with Crippen LogP contribution in [-0.2, 0) is 26.0 Å². The van der Waals surface area contributed by atoms with Gasteiger partial charge in [-0.2, -0.15) is 4.31 Å². The summed E-state index contributed by atoms with van der Waals surface area (Å²) in [6, 6.07) is 4.17. The molecule has 7 nitrogen and oxygen atoms in total. The maximum Gasteiger partial charge on any atom is 0.243 e. The molecule has 0 saturated carbocycles. The molecular weight excluding hydrogens is 354 g/mol. The Morgan fingerprint density at radius 3 is 2.54 bits per heavy atom. The average Bonchev–Trinajstić information content (AvgIpc) is 3.26. The van der Waals surface area contributed by atoms with Crippen LogP contribution in [0.3, 0.4) is 0 Å². The second-order valence-electron chi connectivity index (χ2n) is 6.80. The number of benzene rings is 1. The number of hydrogen-bond acceptors (Lipinski definition) is 4. The Labute approximate surface area is 154 Å². The molecule has 2 heterocycles. The molecule has 2 aliphatic heterocycles. The van der Waals surface area contributed by atoms with Crippen LogP contribution in [0.5, 0.6) is 0 Å². The van der Waals surface area contributed by atoms with Crippen LogP contribution in [0.25, 0.3) is 0 Å². The summed E-state index contributed by atoms with van der Waals surface area (Å²) in [5.41, 5.74) is 1.34. The smallest absolute Gasteiger partial charge is 0.243 e. The highest BCUT2D eigenvalue weighted by Gasteiger charge is 2.38. The van der Waals surface area contributed by atoms with Gasteiger partial charge in [0.1, 0.15) is 6.04 Å². The van der Waals surface area contributed by atoms with Gasteiger partial charge in [0.2, 0.25) is 21.8 Å². The predicted octanol–water partition coefficient (Wildman–Crippen LogP) is 1.27. The monoisotopic (exact) mass is 379 g/mol. The van der Waals surface area contributed by atoms with Crippen LogP contribution in [0.15, 0.2) is 23.1 Å². The van der Waals surface area contributed by atoms with E-state index in [0.717, 1.165) is 24.8 Å². The highest BCUT2D eigenvalue weighted by Crippen LogP contribution is 2.35. The lowest BCUT2D eigenvalue weighted by Gasteiger charge is -2.23. The molecule has 1 saturated heterocycles. The number of hydrogen-bond donors (Lipinski definition) is 1. The zero-order valence-corrected chi connectivity index (χ0v) is 16.0. The van der Waals surface area contributed by atoms with Gasteiger partial charge in [-0.05, 0) is 43.0 Å². The van der Waals surface area contributed by atoms with E-state index < -0.39 is 16.1 Å². The topological polar surface area (TPSA) is 86.8 Å². The fourth-order valence-corrected chi connectivity index (χ4v) is 5.20. The van der Waals surface area contributed by atoms with Gasteiger partial charge in [-0.25, -0.2) is 8.42 Å². The molecule has 8 heteroatoms. The van der Waals surface area contributed by atoms with Crippen LogP contribution >= 0.6 is 0 Å². The van der Waals surface area contributed by atoms with Crippen molar-refractivity contribution in [2.24, 2.45) is 0 Å². The lowest BCUT2D eigenvalue weighted by atomic mass is 10.1. The van der Waals surface area contributed by atoms with Crippen LogP contribution in [0.1, 0.15) is 38.7 Å². The Morgan fingerprint density at radius 2 is 1.92 bits per heavy atom. The van der Waals surface area contributed by atoms with Crippen LogP contribution < -0.4 is 10.2 Å². The molecule has 0 bridgehead atoms. The first-order chi connectivity index (χ1) is 12.4. The van der Waals surface area contributed by atoms with Crippen LogP contribution in [0.2, 0.25) is 0 Å². The first-order valence-corrected chi connectivity index (χ1v) is 10.5. The number of amides is 2. The fourth-order valence-electron chi connectivity index (χ4n) is 3.63. The standard InChI is InChI=1S/C18H25N3O4S/c1-3-8-19-18(23)17-12-14-11-15(6-7-16(14)21(17)13(2)22)26(24,25)20-9-4-5-10-20/h6-7,11,17H,3-5,8-10,12H2,1-2H3,(H,19,23)/t17-/m0/s1. The number of carbonyl (C=O) groups is 2. The Morgan fingerprint density at radius 1 is 1.23 bits per heavy atom. The molecule has 1 aromatic carbocycles. The van der Waals surface area contributed by atoms with Crippen molar-refractivity contribution >= 4 is 27.5 Å². The summed E-state index contributed by atoms with van der Waals surface area (Å²) in [6.45, 7) is 5.01. The molecular formula is C18H25N3O4S. The number of rotatable bonds is 5. The molecule has 0 radical (unpaired) electrons. The van der Waals surface area contributed by atoms with Gasteiger partial charge in [0.15, 0.2) is 0 Å². The molecule has 0 aliphatic carbocycles. The van der Waals surface area contributed by atoms with E-state index in [1.165, 1.54) is 22.2 Å². The first-order valence-electron chi connectivity index (χ1n) is 9.07. The highest BCUT2D eigenvalue weighted by atomic mass is 32.2. The van der Waals surface area contributed by atoms with E-state index in [9.17, 15) is 18.0 Å². The minimum absolute atomic E-state index is 0.206. The van der Waals surface area contributed by atoms with Crippen molar-refractivity contribution < 1.29 is 18.0 Å². The molecule has 2 amide bonds. The largest absolute Gasteiger partial charge is 0.354 e. The van der Waals surface area contributed by atoms with Crippen molar-refractivity contribution in [1.29, 1.82) is 0 Å². The third-order valence-corrected chi connectivity index (χ3v) is 6.82. The van der Waals surface area contributed by atoms with Crippen LogP contribution in [0, 0.1) is 0 Å². The van der Waals surface area contributed by atoms with Crippen molar-refractivity contribution in [3.8, 4) is 0 Å². The zero-order valence-electron chi connectivity index (χ0n) is 15.2. The third kappa shape index (κ3) is 3.35. The molecule has 0 aromatic heterocycles. The van der Waals surface area contributed by atoms with Gasteiger partial charge in [-0.15, -0.1) is 0 Å². The second-order valence-corrected chi connectivity index (χ2v) is 8.74. The minimum atomic E-state index is -3.52. The number of anilines is 1. The van der Waals surface area contributed by atoms with Crippen molar-refractivity contribution in [3.05, 3.63) is 23.8 Å². The lowest BCUT2D eigenvalue weighted by Crippen LogP contribution is -2.47. The number of nitrogens with one attached hydrogen (secondary N) is 1. The van der Waals surface area contributed by atoms with E-state index in [1.807, 2.05) is 6.92 Å². The van der Waals surface area contributed by atoms with Crippen molar-refractivity contribution in [2.45, 2.75) is 50.5 Å². The molecule has 3 rings (SSSR count). The quantitative estimate of drug-likeness (QED) is 0.835.